The molecule has 0 aromatic heterocycles. The average molecular weight is 228 g/mol. The van der Waals surface area contributed by atoms with E-state index in [0.717, 1.165) is 25.3 Å². The minimum absolute atomic E-state index is 0.188. The highest BCUT2D eigenvalue weighted by Gasteiger charge is 2.11. The van der Waals surface area contributed by atoms with Crippen LogP contribution in [0.15, 0.2) is 18.2 Å². The predicted octanol–water partition coefficient (Wildman–Crippen LogP) is 3.45. The molecule has 3 heteroatoms. The molecular formula is C13H18F2O. The first-order chi connectivity index (χ1) is 7.65. The fourth-order valence-electron chi connectivity index (χ4n) is 1.69. The van der Waals surface area contributed by atoms with Gasteiger partial charge in [0.05, 0.1) is 6.10 Å². The third-order valence-electron chi connectivity index (χ3n) is 2.63. The fourth-order valence-corrected chi connectivity index (χ4v) is 1.69. The van der Waals surface area contributed by atoms with E-state index in [1.165, 1.54) is 12.1 Å². The molecule has 0 radical (unpaired) electrons. The molecule has 0 fully saturated rings. The lowest BCUT2D eigenvalue weighted by atomic mass is 10.0. The van der Waals surface area contributed by atoms with Crippen molar-refractivity contribution < 1.29 is 13.9 Å². The number of halogens is 2. The lowest BCUT2D eigenvalue weighted by molar-refractivity contribution is 0.159. The number of rotatable bonds is 6. The van der Waals surface area contributed by atoms with E-state index in [9.17, 15) is 13.9 Å². The van der Waals surface area contributed by atoms with Gasteiger partial charge in [-0.2, -0.15) is 0 Å². The van der Waals surface area contributed by atoms with Gasteiger partial charge in [0.2, 0.25) is 0 Å². The SMILES string of the molecule is CCCCCC(O)Cc1cccc(F)c1F. The molecule has 1 aromatic carbocycles. The molecule has 0 aliphatic carbocycles. The van der Waals surface area contributed by atoms with Gasteiger partial charge in [-0.15, -0.1) is 0 Å². The molecule has 1 N–H and O–H groups in total. The summed E-state index contributed by atoms with van der Waals surface area (Å²) >= 11 is 0. The minimum Gasteiger partial charge on any atom is -0.393 e. The number of unbranched alkanes of at least 4 members (excludes halogenated alkanes) is 2. The van der Waals surface area contributed by atoms with Crippen LogP contribution >= 0.6 is 0 Å². The van der Waals surface area contributed by atoms with Crippen LogP contribution in [0.2, 0.25) is 0 Å². The van der Waals surface area contributed by atoms with Crippen molar-refractivity contribution in [2.45, 2.75) is 45.1 Å². The largest absolute Gasteiger partial charge is 0.393 e. The van der Waals surface area contributed by atoms with Crippen LogP contribution in [-0.2, 0) is 6.42 Å². The summed E-state index contributed by atoms with van der Waals surface area (Å²) in [7, 11) is 0. The average Bonchev–Trinajstić information content (AvgIpc) is 2.25. The Balaban J connectivity index is 2.49. The molecule has 0 aliphatic heterocycles. The van der Waals surface area contributed by atoms with Crippen LogP contribution in [0.5, 0.6) is 0 Å². The Hall–Kier alpha value is -0.960. The van der Waals surface area contributed by atoms with Gasteiger partial charge in [0, 0.05) is 6.42 Å². The summed E-state index contributed by atoms with van der Waals surface area (Å²) in [5, 5.41) is 9.66. The van der Waals surface area contributed by atoms with Crippen molar-refractivity contribution >= 4 is 0 Å². The summed E-state index contributed by atoms with van der Waals surface area (Å²) in [5.74, 6) is -1.68. The highest BCUT2D eigenvalue weighted by atomic mass is 19.2. The van der Waals surface area contributed by atoms with Crippen molar-refractivity contribution in [1.82, 2.24) is 0 Å². The summed E-state index contributed by atoms with van der Waals surface area (Å²) in [5.41, 5.74) is 0.254. The Labute approximate surface area is 95.1 Å². The highest BCUT2D eigenvalue weighted by Crippen LogP contribution is 2.15. The maximum absolute atomic E-state index is 13.3. The van der Waals surface area contributed by atoms with Crippen LogP contribution in [0.4, 0.5) is 8.78 Å². The van der Waals surface area contributed by atoms with Gasteiger partial charge in [0.1, 0.15) is 0 Å². The zero-order valence-electron chi connectivity index (χ0n) is 9.55. The van der Waals surface area contributed by atoms with E-state index in [-0.39, 0.29) is 12.0 Å². The van der Waals surface area contributed by atoms with Crippen LogP contribution in [0.3, 0.4) is 0 Å². The third-order valence-corrected chi connectivity index (χ3v) is 2.63. The summed E-state index contributed by atoms with van der Waals surface area (Å²) in [6.45, 7) is 2.08. The van der Waals surface area contributed by atoms with Crippen LogP contribution in [0.1, 0.15) is 38.2 Å². The van der Waals surface area contributed by atoms with Crippen molar-refractivity contribution in [3.05, 3.63) is 35.4 Å². The number of hydrogen-bond donors (Lipinski definition) is 1. The normalized spacial score (nSPS) is 12.8. The van der Waals surface area contributed by atoms with Gasteiger partial charge in [0.25, 0.3) is 0 Å². The van der Waals surface area contributed by atoms with Crippen LogP contribution in [0, 0.1) is 11.6 Å². The summed E-state index contributed by atoms with van der Waals surface area (Å²) in [4.78, 5) is 0. The summed E-state index contributed by atoms with van der Waals surface area (Å²) in [6.07, 6.45) is 3.32. The molecule has 0 amide bonds. The molecule has 0 aliphatic rings. The van der Waals surface area contributed by atoms with Crippen molar-refractivity contribution in [1.29, 1.82) is 0 Å². The van der Waals surface area contributed by atoms with Gasteiger partial charge in [-0.25, -0.2) is 8.78 Å². The van der Waals surface area contributed by atoms with Crippen LogP contribution in [0.25, 0.3) is 0 Å². The topological polar surface area (TPSA) is 20.2 Å². The summed E-state index contributed by atoms with van der Waals surface area (Å²) in [6, 6.07) is 4.07. The van der Waals surface area contributed by atoms with Gasteiger partial charge >= 0.3 is 0 Å². The van der Waals surface area contributed by atoms with Crippen LogP contribution < -0.4 is 0 Å². The molecular weight excluding hydrogens is 210 g/mol. The molecule has 16 heavy (non-hydrogen) atoms. The zero-order valence-corrected chi connectivity index (χ0v) is 9.55. The third kappa shape index (κ3) is 3.89. The van der Waals surface area contributed by atoms with E-state index in [1.54, 1.807) is 0 Å². The second kappa shape index (κ2) is 6.59. The van der Waals surface area contributed by atoms with E-state index < -0.39 is 17.7 Å². The summed E-state index contributed by atoms with van der Waals surface area (Å²) < 4.78 is 26.1. The Morgan fingerprint density at radius 3 is 2.69 bits per heavy atom. The second-order valence-electron chi connectivity index (χ2n) is 4.07. The number of aliphatic hydroxyl groups excluding tert-OH is 1. The van der Waals surface area contributed by atoms with E-state index in [2.05, 4.69) is 6.92 Å². The van der Waals surface area contributed by atoms with Crippen molar-refractivity contribution in [2.75, 3.05) is 0 Å². The quantitative estimate of drug-likeness (QED) is 0.739. The first-order valence-corrected chi connectivity index (χ1v) is 5.76. The maximum atomic E-state index is 13.3. The van der Waals surface area contributed by atoms with Gasteiger partial charge in [-0.05, 0) is 18.1 Å². The molecule has 1 atom stereocenters. The molecule has 0 heterocycles. The molecule has 1 rings (SSSR count). The standard InChI is InChI=1S/C13H18F2O/c1-2-3-4-7-11(16)9-10-6-5-8-12(14)13(10)15/h5-6,8,11,16H,2-4,7,9H2,1H3. The maximum Gasteiger partial charge on any atom is 0.162 e. The van der Waals surface area contributed by atoms with Gasteiger partial charge in [0.15, 0.2) is 11.6 Å². The van der Waals surface area contributed by atoms with Crippen molar-refractivity contribution in [3.63, 3.8) is 0 Å². The zero-order chi connectivity index (χ0) is 12.0. The molecule has 0 spiro atoms. The van der Waals surface area contributed by atoms with Gasteiger partial charge in [-0.1, -0.05) is 38.3 Å². The number of benzene rings is 1. The predicted molar refractivity (Wildman–Crippen MR) is 60.2 cm³/mol. The number of aliphatic hydroxyl groups is 1. The lowest BCUT2D eigenvalue weighted by Crippen LogP contribution is -2.12. The number of hydrogen-bond acceptors (Lipinski definition) is 1. The molecule has 0 saturated carbocycles. The molecule has 1 nitrogen and oxygen atoms in total. The van der Waals surface area contributed by atoms with E-state index >= 15 is 0 Å². The molecule has 90 valence electrons. The van der Waals surface area contributed by atoms with Gasteiger partial charge < -0.3 is 5.11 Å². The molecule has 0 bridgehead atoms. The Morgan fingerprint density at radius 1 is 1.25 bits per heavy atom. The van der Waals surface area contributed by atoms with Crippen molar-refractivity contribution in [2.24, 2.45) is 0 Å². The van der Waals surface area contributed by atoms with E-state index in [0.29, 0.717) is 6.42 Å². The lowest BCUT2D eigenvalue weighted by Gasteiger charge is -2.11. The first kappa shape index (κ1) is 13.1. The van der Waals surface area contributed by atoms with E-state index in [4.69, 9.17) is 0 Å². The highest BCUT2D eigenvalue weighted by molar-refractivity contribution is 5.19. The smallest absolute Gasteiger partial charge is 0.162 e. The fraction of sp³-hybridized carbons (Fsp3) is 0.538. The van der Waals surface area contributed by atoms with Crippen LogP contribution in [-0.4, -0.2) is 11.2 Å². The monoisotopic (exact) mass is 228 g/mol. The first-order valence-electron chi connectivity index (χ1n) is 5.76. The van der Waals surface area contributed by atoms with Gasteiger partial charge in [-0.3, -0.25) is 0 Å². The van der Waals surface area contributed by atoms with Crippen molar-refractivity contribution in [3.8, 4) is 0 Å². The second-order valence-corrected chi connectivity index (χ2v) is 4.07. The molecule has 1 aromatic rings. The Kier molecular flexibility index (Phi) is 5.39. The molecule has 1 unspecified atom stereocenters. The Bertz CT molecular complexity index is 326. The molecule has 0 saturated heterocycles. The minimum atomic E-state index is -0.849. The Morgan fingerprint density at radius 2 is 2.00 bits per heavy atom. The van der Waals surface area contributed by atoms with E-state index in [1.807, 2.05) is 0 Å².